The molecule has 18 heavy (non-hydrogen) atoms. The largest absolute Gasteiger partial charge is 0.481 e. The second-order valence-electron chi connectivity index (χ2n) is 4.60. The molecule has 1 aliphatic heterocycles. The second kappa shape index (κ2) is 6.04. The molecule has 0 aliphatic carbocycles. The van der Waals surface area contributed by atoms with Crippen molar-refractivity contribution in [1.29, 1.82) is 0 Å². The predicted molar refractivity (Wildman–Crippen MR) is 74.8 cm³/mol. The number of benzene rings is 1. The molecule has 5 heteroatoms. The summed E-state index contributed by atoms with van der Waals surface area (Å²) in [4.78, 5) is 13.0. The zero-order valence-corrected chi connectivity index (χ0v) is 12.2. The van der Waals surface area contributed by atoms with Gasteiger partial charge in [0.1, 0.15) is 0 Å². The first kappa shape index (κ1) is 13.8. The van der Waals surface area contributed by atoms with Gasteiger partial charge < -0.3 is 5.11 Å². The molecule has 1 heterocycles. The molecule has 1 unspecified atom stereocenters. The maximum Gasteiger partial charge on any atom is 0.304 e. The van der Waals surface area contributed by atoms with E-state index in [1.165, 1.54) is 0 Å². The smallest absolute Gasteiger partial charge is 0.304 e. The van der Waals surface area contributed by atoms with Gasteiger partial charge in [0.2, 0.25) is 0 Å². The topological polar surface area (TPSA) is 40.5 Å². The number of rotatable bonds is 4. The molecule has 0 bridgehead atoms. The summed E-state index contributed by atoms with van der Waals surface area (Å²) in [5, 5.41) is 9.60. The number of likely N-dealkylation sites (tertiary alicyclic amines) is 1. The van der Waals surface area contributed by atoms with Gasteiger partial charge in [-0.1, -0.05) is 33.6 Å². The van der Waals surface area contributed by atoms with Gasteiger partial charge in [0, 0.05) is 22.1 Å². The number of carboxylic acid groups (broad SMARTS) is 1. The lowest BCUT2D eigenvalue weighted by molar-refractivity contribution is -0.138. The van der Waals surface area contributed by atoms with Crippen LogP contribution in [0.2, 0.25) is 5.02 Å². The minimum Gasteiger partial charge on any atom is -0.481 e. The lowest BCUT2D eigenvalue weighted by atomic mass is 10.1. The van der Waals surface area contributed by atoms with Crippen molar-refractivity contribution in [3.8, 4) is 0 Å². The SMILES string of the molecule is O=C(O)CC1CCCN1Cc1ccc(Cl)cc1Br. The summed E-state index contributed by atoms with van der Waals surface area (Å²) in [5.41, 5.74) is 1.15. The van der Waals surface area contributed by atoms with Crippen LogP contribution in [0, 0.1) is 0 Å². The minimum atomic E-state index is -0.720. The number of halogens is 2. The Morgan fingerprint density at radius 1 is 1.56 bits per heavy atom. The van der Waals surface area contributed by atoms with E-state index in [2.05, 4.69) is 20.8 Å². The van der Waals surface area contributed by atoms with Crippen molar-refractivity contribution in [2.75, 3.05) is 6.54 Å². The van der Waals surface area contributed by atoms with Crippen LogP contribution < -0.4 is 0 Å². The van der Waals surface area contributed by atoms with Crippen LogP contribution in [0.1, 0.15) is 24.8 Å². The van der Waals surface area contributed by atoms with Crippen LogP contribution in [-0.2, 0) is 11.3 Å². The summed E-state index contributed by atoms with van der Waals surface area (Å²) in [5.74, 6) is -0.720. The lowest BCUT2D eigenvalue weighted by Crippen LogP contribution is -2.30. The zero-order chi connectivity index (χ0) is 13.1. The van der Waals surface area contributed by atoms with Gasteiger partial charge in [-0.15, -0.1) is 0 Å². The molecule has 1 N–H and O–H groups in total. The monoisotopic (exact) mass is 331 g/mol. The summed E-state index contributed by atoms with van der Waals surface area (Å²) in [6.45, 7) is 1.74. The van der Waals surface area contributed by atoms with Crippen LogP contribution >= 0.6 is 27.5 Å². The van der Waals surface area contributed by atoms with Gasteiger partial charge >= 0.3 is 5.97 Å². The molecule has 1 atom stereocenters. The lowest BCUT2D eigenvalue weighted by Gasteiger charge is -2.23. The van der Waals surface area contributed by atoms with Gasteiger partial charge in [-0.3, -0.25) is 9.69 Å². The van der Waals surface area contributed by atoms with Crippen LogP contribution in [-0.4, -0.2) is 28.6 Å². The van der Waals surface area contributed by atoms with Crippen molar-refractivity contribution in [1.82, 2.24) is 4.90 Å². The van der Waals surface area contributed by atoms with Gasteiger partial charge in [-0.2, -0.15) is 0 Å². The number of hydrogen-bond acceptors (Lipinski definition) is 2. The quantitative estimate of drug-likeness (QED) is 0.917. The number of carbonyl (C=O) groups is 1. The van der Waals surface area contributed by atoms with Crippen molar-refractivity contribution in [3.63, 3.8) is 0 Å². The third-order valence-electron chi connectivity index (χ3n) is 3.30. The van der Waals surface area contributed by atoms with E-state index in [1.807, 2.05) is 18.2 Å². The molecular formula is C13H15BrClNO2. The van der Waals surface area contributed by atoms with Crippen LogP contribution in [0.4, 0.5) is 0 Å². The van der Waals surface area contributed by atoms with Gasteiger partial charge in [0.25, 0.3) is 0 Å². The van der Waals surface area contributed by atoms with Gasteiger partial charge in [0.05, 0.1) is 6.42 Å². The van der Waals surface area contributed by atoms with Crippen molar-refractivity contribution < 1.29 is 9.90 Å². The molecule has 1 fully saturated rings. The van der Waals surface area contributed by atoms with E-state index in [4.69, 9.17) is 16.7 Å². The summed E-state index contributed by atoms with van der Waals surface area (Å²) in [6, 6.07) is 5.89. The normalized spacial score (nSPS) is 20.2. The third-order valence-corrected chi connectivity index (χ3v) is 4.27. The maximum absolute atomic E-state index is 10.8. The van der Waals surface area contributed by atoms with Gasteiger partial charge in [-0.05, 0) is 37.1 Å². The summed E-state index contributed by atoms with van der Waals surface area (Å²) in [7, 11) is 0. The van der Waals surface area contributed by atoms with Crippen LogP contribution in [0.3, 0.4) is 0 Å². The Hall–Kier alpha value is -0.580. The summed E-state index contributed by atoms with van der Waals surface area (Å²) < 4.78 is 0.982. The molecule has 0 spiro atoms. The predicted octanol–water partition coefficient (Wildman–Crippen LogP) is 3.54. The fourth-order valence-corrected chi connectivity index (χ4v) is 3.21. The molecule has 0 aromatic heterocycles. The van der Waals surface area contributed by atoms with Crippen molar-refractivity contribution >= 4 is 33.5 Å². The maximum atomic E-state index is 10.8. The Morgan fingerprint density at radius 3 is 3.00 bits per heavy atom. The molecule has 2 rings (SSSR count). The van der Waals surface area contributed by atoms with Crippen molar-refractivity contribution in [2.24, 2.45) is 0 Å². The highest BCUT2D eigenvalue weighted by Gasteiger charge is 2.26. The zero-order valence-electron chi connectivity index (χ0n) is 9.90. The third kappa shape index (κ3) is 3.46. The first-order chi connectivity index (χ1) is 8.56. The Balaban J connectivity index is 2.05. The molecule has 1 saturated heterocycles. The highest BCUT2D eigenvalue weighted by atomic mass is 79.9. The molecule has 0 amide bonds. The first-order valence-electron chi connectivity index (χ1n) is 5.96. The van der Waals surface area contributed by atoms with E-state index in [0.717, 1.165) is 36.0 Å². The number of hydrogen-bond donors (Lipinski definition) is 1. The fraction of sp³-hybridized carbons (Fsp3) is 0.462. The van der Waals surface area contributed by atoms with Crippen LogP contribution in [0.5, 0.6) is 0 Å². The highest BCUT2D eigenvalue weighted by molar-refractivity contribution is 9.10. The molecule has 1 aromatic rings. The van der Waals surface area contributed by atoms with E-state index in [1.54, 1.807) is 0 Å². The highest BCUT2D eigenvalue weighted by Crippen LogP contribution is 2.27. The molecule has 3 nitrogen and oxygen atoms in total. The molecular weight excluding hydrogens is 318 g/mol. The van der Waals surface area contributed by atoms with Crippen LogP contribution in [0.15, 0.2) is 22.7 Å². The number of aliphatic carboxylic acids is 1. The molecule has 0 radical (unpaired) electrons. The van der Waals surface area contributed by atoms with E-state index in [0.29, 0.717) is 5.02 Å². The Labute approximate surface area is 120 Å². The number of carboxylic acids is 1. The fourth-order valence-electron chi connectivity index (χ4n) is 2.40. The second-order valence-corrected chi connectivity index (χ2v) is 5.89. The Morgan fingerprint density at radius 2 is 2.33 bits per heavy atom. The van der Waals surface area contributed by atoms with Crippen molar-refractivity contribution in [2.45, 2.75) is 31.8 Å². The van der Waals surface area contributed by atoms with Crippen molar-refractivity contribution in [3.05, 3.63) is 33.3 Å². The number of nitrogens with zero attached hydrogens (tertiary/aromatic N) is 1. The molecule has 1 aromatic carbocycles. The first-order valence-corrected chi connectivity index (χ1v) is 7.13. The Bertz CT molecular complexity index is 453. The molecule has 98 valence electrons. The Kier molecular flexibility index (Phi) is 4.65. The summed E-state index contributed by atoms with van der Waals surface area (Å²) >= 11 is 9.41. The molecule has 0 saturated carbocycles. The van der Waals surface area contributed by atoms with E-state index >= 15 is 0 Å². The van der Waals surface area contributed by atoms with E-state index < -0.39 is 5.97 Å². The van der Waals surface area contributed by atoms with E-state index in [-0.39, 0.29) is 12.5 Å². The van der Waals surface area contributed by atoms with E-state index in [9.17, 15) is 4.79 Å². The van der Waals surface area contributed by atoms with Crippen LogP contribution in [0.25, 0.3) is 0 Å². The van der Waals surface area contributed by atoms with Gasteiger partial charge in [-0.25, -0.2) is 0 Å². The van der Waals surface area contributed by atoms with Gasteiger partial charge in [0.15, 0.2) is 0 Å². The minimum absolute atomic E-state index is 0.157. The molecule has 1 aliphatic rings. The average Bonchev–Trinajstić information content (AvgIpc) is 2.69. The standard InChI is InChI=1S/C13H15BrClNO2/c14-12-6-10(15)4-3-9(12)8-16-5-1-2-11(16)7-13(17)18/h3-4,6,11H,1-2,5,7-8H2,(H,17,18). The average molecular weight is 333 g/mol. The summed E-state index contributed by atoms with van der Waals surface area (Å²) in [6.07, 6.45) is 2.27.